The fraction of sp³-hybridized carbons (Fsp3) is 1.00. The quantitative estimate of drug-likeness (QED) is 0.662. The standard InChI is InChI=1S/C3HCl6S/c4-1(5)2(6,7)3(8,9)10/h1H. The first kappa shape index (κ1) is 12.1. The Labute approximate surface area is 94.4 Å². The summed E-state index contributed by atoms with van der Waals surface area (Å²) in [4.78, 5) is -1.14. The molecule has 0 aliphatic heterocycles. The lowest BCUT2D eigenvalue weighted by Crippen LogP contribution is -2.37. The van der Waals surface area contributed by atoms with E-state index in [4.69, 9.17) is 69.6 Å². The summed E-state index contributed by atoms with van der Waals surface area (Å²) in [6.45, 7) is 0. The molecule has 0 unspecified atom stereocenters. The number of hydrogen-bond donors (Lipinski definition) is 0. The van der Waals surface area contributed by atoms with Gasteiger partial charge in [-0.1, -0.05) is 46.4 Å². The molecular formula is C3HCl6S. The molecule has 0 spiro atoms. The number of hydrogen-bond acceptors (Lipinski definition) is 0. The lowest BCUT2D eigenvalue weighted by molar-refractivity contribution is 0.876. The first-order valence-corrected chi connectivity index (χ1v) is 4.73. The molecule has 0 heterocycles. The van der Waals surface area contributed by atoms with Crippen LogP contribution in [-0.4, -0.2) is 12.8 Å². The van der Waals surface area contributed by atoms with Crippen molar-refractivity contribution in [1.29, 1.82) is 0 Å². The number of halogens is 6. The zero-order chi connectivity index (χ0) is 8.58. The molecule has 0 aliphatic rings. The molecule has 7 heteroatoms. The molecule has 0 aliphatic carbocycles. The van der Waals surface area contributed by atoms with Gasteiger partial charge in [0.05, 0.1) is 0 Å². The van der Waals surface area contributed by atoms with Crippen LogP contribution in [0.15, 0.2) is 0 Å². The molecule has 0 aromatic carbocycles. The van der Waals surface area contributed by atoms with E-state index in [0.717, 1.165) is 0 Å². The van der Waals surface area contributed by atoms with E-state index in [2.05, 4.69) is 12.6 Å². The third-order valence-electron chi connectivity index (χ3n) is 0.662. The molecule has 1 radical (unpaired) electrons. The molecule has 0 amide bonds. The lowest BCUT2D eigenvalue weighted by Gasteiger charge is -2.28. The molecule has 0 aromatic rings. The highest BCUT2D eigenvalue weighted by Gasteiger charge is 2.50. The summed E-state index contributed by atoms with van der Waals surface area (Å²) >= 11 is 36.8. The maximum Gasteiger partial charge on any atom is 0.208 e. The van der Waals surface area contributed by atoms with Crippen molar-refractivity contribution in [3.05, 3.63) is 0 Å². The van der Waals surface area contributed by atoms with Crippen LogP contribution in [0.4, 0.5) is 0 Å². The van der Waals surface area contributed by atoms with E-state index in [1.54, 1.807) is 0 Å². The van der Waals surface area contributed by atoms with Gasteiger partial charge in [-0.05, 0) is 12.6 Å². The van der Waals surface area contributed by atoms with Crippen LogP contribution in [0.2, 0.25) is 0 Å². The van der Waals surface area contributed by atoms with Gasteiger partial charge in [0.1, 0.15) is 4.84 Å². The summed E-state index contributed by atoms with van der Waals surface area (Å²) in [5.41, 5.74) is 0. The van der Waals surface area contributed by atoms with Crippen molar-refractivity contribution < 1.29 is 0 Å². The van der Waals surface area contributed by atoms with Gasteiger partial charge in [-0.2, -0.15) is 0 Å². The first-order chi connectivity index (χ1) is 4.19. The minimum atomic E-state index is -1.79. The summed E-state index contributed by atoms with van der Waals surface area (Å²) in [5, 5.41) is 0. The van der Waals surface area contributed by atoms with Crippen LogP contribution in [0.25, 0.3) is 0 Å². The van der Waals surface area contributed by atoms with Gasteiger partial charge in [0.2, 0.25) is 3.67 Å². The predicted octanol–water partition coefficient (Wildman–Crippen LogP) is 4.29. The van der Waals surface area contributed by atoms with Crippen molar-refractivity contribution in [2.45, 2.75) is 12.8 Å². The monoisotopic (exact) mass is 279 g/mol. The summed E-state index contributed by atoms with van der Waals surface area (Å²) in [6.07, 6.45) is 0. The minimum absolute atomic E-state index is 1.14. The van der Waals surface area contributed by atoms with Crippen molar-refractivity contribution in [3.8, 4) is 0 Å². The Bertz CT molecular complexity index is 115. The average molecular weight is 282 g/mol. The number of rotatable bonds is 2. The molecule has 0 atom stereocenters. The molecule has 0 saturated carbocycles. The third-order valence-corrected chi connectivity index (χ3v) is 4.30. The lowest BCUT2D eigenvalue weighted by atomic mass is 10.5. The van der Waals surface area contributed by atoms with Crippen molar-refractivity contribution in [1.82, 2.24) is 0 Å². The van der Waals surface area contributed by atoms with E-state index in [9.17, 15) is 0 Å². The van der Waals surface area contributed by atoms with Gasteiger partial charge < -0.3 is 0 Å². The summed E-state index contributed by atoms with van der Waals surface area (Å²) in [7, 11) is 0. The molecule has 0 aromatic heterocycles. The van der Waals surface area contributed by atoms with Crippen molar-refractivity contribution in [2.24, 2.45) is 0 Å². The molecule has 10 heavy (non-hydrogen) atoms. The highest BCUT2D eigenvalue weighted by Crippen LogP contribution is 2.50. The molecule has 0 rings (SSSR count). The van der Waals surface area contributed by atoms with Crippen LogP contribution >= 0.6 is 82.2 Å². The maximum absolute atomic E-state index is 5.48. The average Bonchev–Trinajstić information content (AvgIpc) is 1.62. The Morgan fingerprint density at radius 1 is 1.00 bits per heavy atom. The van der Waals surface area contributed by atoms with Gasteiger partial charge in [-0.25, -0.2) is 0 Å². The zero-order valence-electron chi connectivity index (χ0n) is 4.25. The second-order valence-corrected chi connectivity index (χ2v) is 6.31. The van der Waals surface area contributed by atoms with Crippen LogP contribution < -0.4 is 0 Å². The smallest absolute Gasteiger partial charge is 0.102 e. The van der Waals surface area contributed by atoms with Gasteiger partial charge in [0, 0.05) is 0 Å². The highest BCUT2D eigenvalue weighted by molar-refractivity contribution is 7.85. The second-order valence-electron chi connectivity index (χ2n) is 1.44. The van der Waals surface area contributed by atoms with E-state index in [1.807, 2.05) is 0 Å². The van der Waals surface area contributed by atoms with Gasteiger partial charge in [0.15, 0.2) is 4.33 Å². The van der Waals surface area contributed by atoms with E-state index >= 15 is 0 Å². The Morgan fingerprint density at radius 2 is 1.30 bits per heavy atom. The fourth-order valence-corrected chi connectivity index (χ4v) is 1.14. The van der Waals surface area contributed by atoms with Gasteiger partial charge in [-0.15, -0.1) is 23.2 Å². The van der Waals surface area contributed by atoms with Crippen molar-refractivity contribution in [2.75, 3.05) is 0 Å². The van der Waals surface area contributed by atoms with Crippen LogP contribution in [0.5, 0.6) is 0 Å². The Morgan fingerprint density at radius 3 is 1.30 bits per heavy atom. The third kappa shape index (κ3) is 2.85. The normalized spacial score (nSPS) is 14.4. The molecule has 61 valence electrons. The van der Waals surface area contributed by atoms with Crippen molar-refractivity contribution >= 4 is 82.2 Å². The van der Waals surface area contributed by atoms with Gasteiger partial charge >= 0.3 is 0 Å². The van der Waals surface area contributed by atoms with Gasteiger partial charge in [-0.3, -0.25) is 0 Å². The molecule has 0 saturated heterocycles. The van der Waals surface area contributed by atoms with Gasteiger partial charge in [0.25, 0.3) is 0 Å². The maximum atomic E-state index is 5.48. The van der Waals surface area contributed by atoms with E-state index in [1.165, 1.54) is 0 Å². The largest absolute Gasteiger partial charge is 0.208 e. The van der Waals surface area contributed by atoms with Crippen LogP contribution in [0.3, 0.4) is 0 Å². The number of alkyl halides is 6. The highest BCUT2D eigenvalue weighted by atomic mass is 35.5. The minimum Gasteiger partial charge on any atom is -0.102 e. The van der Waals surface area contributed by atoms with Crippen molar-refractivity contribution in [3.63, 3.8) is 0 Å². The van der Waals surface area contributed by atoms with Crippen LogP contribution in [-0.2, 0) is 0 Å². The zero-order valence-corrected chi connectivity index (χ0v) is 9.61. The summed E-state index contributed by atoms with van der Waals surface area (Å²) in [5.74, 6) is 0. The molecule has 0 bridgehead atoms. The fourth-order valence-electron chi connectivity index (χ4n) is 0.127. The SMILES string of the molecule is [S]C(Cl)(Cl)C(Cl)(Cl)C(Cl)Cl. The summed E-state index contributed by atoms with van der Waals surface area (Å²) in [6, 6.07) is 0. The Balaban J connectivity index is 4.40. The second kappa shape index (κ2) is 3.87. The van der Waals surface area contributed by atoms with E-state index in [0.29, 0.717) is 0 Å². The summed E-state index contributed by atoms with van der Waals surface area (Å²) < 4.78 is -3.53. The van der Waals surface area contributed by atoms with E-state index in [-0.39, 0.29) is 0 Å². The first-order valence-electron chi connectivity index (χ1n) is 1.94. The molecule has 0 N–H and O–H groups in total. The molecule has 0 nitrogen and oxygen atoms in total. The van der Waals surface area contributed by atoms with Crippen LogP contribution in [0.1, 0.15) is 0 Å². The predicted molar refractivity (Wildman–Crippen MR) is 52.0 cm³/mol. The Kier molecular flexibility index (Phi) is 4.67. The Hall–Kier alpha value is 2.09. The molecule has 0 fully saturated rings. The topological polar surface area (TPSA) is 0 Å². The molecular weight excluding hydrogens is 281 g/mol. The van der Waals surface area contributed by atoms with E-state index < -0.39 is 12.8 Å². The van der Waals surface area contributed by atoms with Crippen LogP contribution in [0, 0.1) is 0 Å².